The van der Waals surface area contributed by atoms with Crippen LogP contribution in [0.1, 0.15) is 34.3 Å². The van der Waals surface area contributed by atoms with Crippen LogP contribution < -0.4 is 5.11 Å². The zero-order chi connectivity index (χ0) is 22.0. The average molecular weight is 421 g/mol. The van der Waals surface area contributed by atoms with Gasteiger partial charge in [0.2, 0.25) is 5.91 Å². The molecule has 1 spiro atoms. The van der Waals surface area contributed by atoms with E-state index in [1.165, 1.54) is 4.90 Å². The van der Waals surface area contributed by atoms with Gasteiger partial charge in [0.15, 0.2) is 0 Å². The number of hydrogen-bond donors (Lipinski definition) is 0. The average Bonchev–Trinajstić information content (AvgIpc) is 3.13. The van der Waals surface area contributed by atoms with Crippen LogP contribution in [0.25, 0.3) is 0 Å². The van der Waals surface area contributed by atoms with Gasteiger partial charge in [0.1, 0.15) is 5.72 Å². The summed E-state index contributed by atoms with van der Waals surface area (Å²) < 4.78 is 5.93. The van der Waals surface area contributed by atoms with E-state index in [1.54, 1.807) is 23.1 Å². The van der Waals surface area contributed by atoms with Crippen LogP contribution in [-0.2, 0) is 20.7 Å². The number of aryl methyl sites for hydroxylation is 1. The summed E-state index contributed by atoms with van der Waals surface area (Å²) in [4.78, 5) is 40.9. The van der Waals surface area contributed by atoms with E-state index < -0.39 is 17.7 Å². The highest BCUT2D eigenvalue weighted by Gasteiger charge is 2.52. The lowest BCUT2D eigenvalue weighted by atomic mass is 9.96. The molecular weight excluding hydrogens is 396 g/mol. The second-order valence-electron chi connectivity index (χ2n) is 8.18. The summed E-state index contributed by atoms with van der Waals surface area (Å²) in [6, 6.07) is 15.4. The van der Waals surface area contributed by atoms with E-state index in [-0.39, 0.29) is 18.4 Å². The van der Waals surface area contributed by atoms with Crippen molar-refractivity contribution < 1.29 is 24.2 Å². The SMILES string of the molecule is Cc1cccc(C(=O)N2[C@H](C(=O)[O-])COC23CCN(C(=O)Cc2ccccc2)CC3)c1. The molecule has 2 aliphatic heterocycles. The summed E-state index contributed by atoms with van der Waals surface area (Å²) in [6.07, 6.45) is 1.02. The first-order valence-electron chi connectivity index (χ1n) is 10.5. The number of ether oxygens (including phenoxy) is 1. The van der Waals surface area contributed by atoms with Crippen molar-refractivity contribution in [1.82, 2.24) is 9.80 Å². The number of carbonyl (C=O) groups is 3. The summed E-state index contributed by atoms with van der Waals surface area (Å²) in [6.45, 7) is 2.55. The van der Waals surface area contributed by atoms with Crippen molar-refractivity contribution in [3.63, 3.8) is 0 Å². The number of nitrogens with zero attached hydrogens (tertiary/aromatic N) is 2. The van der Waals surface area contributed by atoms with Crippen molar-refractivity contribution in [1.29, 1.82) is 0 Å². The number of carboxylic acid groups (broad SMARTS) is 1. The van der Waals surface area contributed by atoms with Crippen LogP contribution in [0.5, 0.6) is 0 Å². The zero-order valence-corrected chi connectivity index (χ0v) is 17.5. The molecule has 7 heteroatoms. The zero-order valence-electron chi connectivity index (χ0n) is 17.5. The smallest absolute Gasteiger partial charge is 0.256 e. The Bertz CT molecular complexity index is 982. The molecule has 2 aliphatic rings. The van der Waals surface area contributed by atoms with E-state index in [0.717, 1.165) is 11.1 Å². The van der Waals surface area contributed by atoms with Crippen molar-refractivity contribution in [2.45, 2.75) is 38.0 Å². The molecule has 0 bridgehead atoms. The second kappa shape index (κ2) is 8.51. The molecule has 2 fully saturated rings. The summed E-state index contributed by atoms with van der Waals surface area (Å²) in [5.74, 6) is -1.72. The fourth-order valence-corrected chi connectivity index (χ4v) is 4.45. The predicted octanol–water partition coefficient (Wildman–Crippen LogP) is 1.15. The number of benzene rings is 2. The minimum absolute atomic E-state index is 0.00654. The summed E-state index contributed by atoms with van der Waals surface area (Å²) in [5, 5.41) is 11.8. The van der Waals surface area contributed by atoms with E-state index in [1.807, 2.05) is 43.3 Å². The molecule has 2 saturated heterocycles. The molecule has 162 valence electrons. The predicted molar refractivity (Wildman–Crippen MR) is 111 cm³/mol. The molecule has 2 amide bonds. The van der Waals surface area contributed by atoms with E-state index >= 15 is 0 Å². The third-order valence-electron chi connectivity index (χ3n) is 6.11. The third kappa shape index (κ3) is 4.18. The van der Waals surface area contributed by atoms with Crippen LogP contribution in [0.2, 0.25) is 0 Å². The van der Waals surface area contributed by atoms with Gasteiger partial charge in [0.25, 0.3) is 5.91 Å². The number of piperidine rings is 1. The van der Waals surface area contributed by atoms with Crippen molar-refractivity contribution in [2.24, 2.45) is 0 Å². The number of carboxylic acids is 1. The second-order valence-corrected chi connectivity index (χ2v) is 8.18. The van der Waals surface area contributed by atoms with Gasteiger partial charge in [-0.25, -0.2) is 0 Å². The number of amides is 2. The van der Waals surface area contributed by atoms with Crippen LogP contribution in [0.15, 0.2) is 54.6 Å². The molecule has 2 aromatic carbocycles. The van der Waals surface area contributed by atoms with E-state index in [0.29, 0.717) is 37.9 Å². The van der Waals surface area contributed by atoms with Gasteiger partial charge in [-0.3, -0.25) is 14.5 Å². The Morgan fingerprint density at radius 3 is 2.42 bits per heavy atom. The Labute approximate surface area is 181 Å². The van der Waals surface area contributed by atoms with Crippen LogP contribution in [0, 0.1) is 6.92 Å². The first kappa shape index (κ1) is 21.1. The molecule has 7 nitrogen and oxygen atoms in total. The summed E-state index contributed by atoms with van der Waals surface area (Å²) in [5.41, 5.74) is 1.22. The maximum Gasteiger partial charge on any atom is 0.256 e. The fourth-order valence-electron chi connectivity index (χ4n) is 4.45. The molecule has 1 atom stereocenters. The van der Waals surface area contributed by atoms with Gasteiger partial charge in [-0.1, -0.05) is 48.0 Å². The van der Waals surface area contributed by atoms with Crippen LogP contribution >= 0.6 is 0 Å². The maximum absolute atomic E-state index is 13.3. The van der Waals surface area contributed by atoms with Crippen molar-refractivity contribution in [3.8, 4) is 0 Å². The molecular formula is C24H25N2O5-. The molecule has 31 heavy (non-hydrogen) atoms. The lowest BCUT2D eigenvalue weighted by Gasteiger charge is -2.45. The van der Waals surface area contributed by atoms with Gasteiger partial charge in [-0.05, 0) is 24.6 Å². The number of hydrogen-bond acceptors (Lipinski definition) is 5. The Morgan fingerprint density at radius 1 is 1.06 bits per heavy atom. The highest BCUT2D eigenvalue weighted by molar-refractivity contribution is 5.97. The molecule has 4 rings (SSSR count). The molecule has 0 unspecified atom stereocenters. The third-order valence-corrected chi connectivity index (χ3v) is 6.11. The van der Waals surface area contributed by atoms with Crippen molar-refractivity contribution in [3.05, 3.63) is 71.3 Å². The lowest BCUT2D eigenvalue weighted by molar-refractivity contribution is -0.310. The number of carbonyl (C=O) groups excluding carboxylic acids is 3. The van der Waals surface area contributed by atoms with E-state index in [2.05, 4.69) is 0 Å². The Kier molecular flexibility index (Phi) is 5.78. The summed E-state index contributed by atoms with van der Waals surface area (Å²) >= 11 is 0. The van der Waals surface area contributed by atoms with E-state index in [4.69, 9.17) is 4.74 Å². The number of rotatable bonds is 4. The van der Waals surface area contributed by atoms with Crippen molar-refractivity contribution in [2.75, 3.05) is 19.7 Å². The number of likely N-dealkylation sites (tertiary alicyclic amines) is 1. The van der Waals surface area contributed by atoms with Crippen LogP contribution in [-0.4, -0.2) is 59.0 Å². The fraction of sp³-hybridized carbons (Fsp3) is 0.375. The lowest BCUT2D eigenvalue weighted by Crippen LogP contribution is -2.60. The molecule has 0 aliphatic carbocycles. The standard InChI is InChI=1S/C24H26N2O5/c1-17-6-5-9-19(14-17)22(28)26-20(23(29)30)16-31-24(26)10-12-25(13-11-24)21(27)15-18-7-3-2-4-8-18/h2-9,14,20H,10-13,15-16H2,1H3,(H,29,30)/p-1/t20-/m0/s1. The normalized spacial score (nSPS) is 20.1. The van der Waals surface area contributed by atoms with E-state index in [9.17, 15) is 19.5 Å². The van der Waals surface area contributed by atoms with Gasteiger partial charge in [0, 0.05) is 31.5 Å². The highest BCUT2D eigenvalue weighted by Crippen LogP contribution is 2.38. The van der Waals surface area contributed by atoms with Gasteiger partial charge >= 0.3 is 0 Å². The van der Waals surface area contributed by atoms with Crippen LogP contribution in [0.4, 0.5) is 0 Å². The molecule has 0 saturated carbocycles. The minimum atomic E-state index is -1.33. The molecule has 0 radical (unpaired) electrons. The Hall–Kier alpha value is -3.19. The topological polar surface area (TPSA) is 90.0 Å². The number of aliphatic carboxylic acids is 1. The van der Waals surface area contributed by atoms with Crippen LogP contribution in [0.3, 0.4) is 0 Å². The largest absolute Gasteiger partial charge is 0.548 e. The molecule has 2 aromatic rings. The molecule has 0 aromatic heterocycles. The Morgan fingerprint density at radius 2 is 1.77 bits per heavy atom. The van der Waals surface area contributed by atoms with Crippen molar-refractivity contribution >= 4 is 17.8 Å². The monoisotopic (exact) mass is 421 g/mol. The molecule has 2 heterocycles. The minimum Gasteiger partial charge on any atom is -0.548 e. The van der Waals surface area contributed by atoms with Gasteiger partial charge < -0.3 is 19.5 Å². The Balaban J connectivity index is 1.51. The first-order chi connectivity index (χ1) is 14.9. The highest BCUT2D eigenvalue weighted by atomic mass is 16.5. The van der Waals surface area contributed by atoms with Gasteiger partial charge in [-0.15, -0.1) is 0 Å². The van der Waals surface area contributed by atoms with Gasteiger partial charge in [-0.2, -0.15) is 0 Å². The quantitative estimate of drug-likeness (QED) is 0.739. The summed E-state index contributed by atoms with van der Waals surface area (Å²) in [7, 11) is 0. The first-order valence-corrected chi connectivity index (χ1v) is 10.5. The maximum atomic E-state index is 13.3. The molecule has 0 N–H and O–H groups in total. The van der Waals surface area contributed by atoms with Gasteiger partial charge in [0.05, 0.1) is 25.0 Å².